The van der Waals surface area contributed by atoms with Crippen LogP contribution in [0.2, 0.25) is 0 Å². The number of likely N-dealkylation sites (tertiary alicyclic amines) is 1. The number of benzene rings is 1. The monoisotopic (exact) mass is 476 g/mol. The Morgan fingerprint density at radius 3 is 2.58 bits per heavy atom. The van der Waals surface area contributed by atoms with Gasteiger partial charge < -0.3 is 15.1 Å². The lowest BCUT2D eigenvalue weighted by molar-refractivity contribution is -0.127. The summed E-state index contributed by atoms with van der Waals surface area (Å²) >= 11 is 0. The van der Waals surface area contributed by atoms with Crippen LogP contribution in [0.5, 0.6) is 0 Å². The molecule has 0 saturated carbocycles. The number of amides is 1. The molecular formula is C19H30FIN4O. The number of rotatable bonds is 5. The summed E-state index contributed by atoms with van der Waals surface area (Å²) in [5, 5.41) is 3.36. The normalized spacial score (nSPS) is 17.2. The first-order chi connectivity index (χ1) is 11.8. The Kier molecular flexibility index (Phi) is 9.32. The number of hydrogen-bond donors (Lipinski definition) is 1. The Bertz CT molecular complexity index is 604. The second kappa shape index (κ2) is 10.7. The minimum atomic E-state index is -0.196. The number of carbonyl (C=O) groups excluding carboxylic acids is 1. The zero-order chi connectivity index (χ0) is 18.4. The topological polar surface area (TPSA) is 47.9 Å². The number of nitrogens with one attached hydrogen (secondary N) is 1. The van der Waals surface area contributed by atoms with E-state index >= 15 is 0 Å². The van der Waals surface area contributed by atoms with Crippen molar-refractivity contribution in [2.24, 2.45) is 10.9 Å². The van der Waals surface area contributed by atoms with Crippen molar-refractivity contribution in [1.29, 1.82) is 0 Å². The molecule has 1 heterocycles. The molecule has 1 aromatic rings. The molecule has 1 aliphatic rings. The molecule has 1 fully saturated rings. The SMILES string of the molecule is CC(C)NC(=NCC(=O)N(C)C)N1CCC(Cc2ccc(F)cc2)C1.I. The first kappa shape index (κ1) is 22.7. The van der Waals surface area contributed by atoms with Gasteiger partial charge >= 0.3 is 0 Å². The number of aliphatic imine (C=N–C) groups is 1. The maximum atomic E-state index is 13.0. The molecule has 1 amide bonds. The predicted molar refractivity (Wildman–Crippen MR) is 114 cm³/mol. The summed E-state index contributed by atoms with van der Waals surface area (Å²) in [4.78, 5) is 20.1. The van der Waals surface area contributed by atoms with Crippen LogP contribution >= 0.6 is 24.0 Å². The second-order valence-corrected chi connectivity index (χ2v) is 7.16. The van der Waals surface area contributed by atoms with Gasteiger partial charge in [-0.2, -0.15) is 0 Å². The van der Waals surface area contributed by atoms with Gasteiger partial charge in [0.15, 0.2) is 5.96 Å². The van der Waals surface area contributed by atoms with Gasteiger partial charge in [0.2, 0.25) is 5.91 Å². The van der Waals surface area contributed by atoms with E-state index in [1.54, 1.807) is 19.0 Å². The highest BCUT2D eigenvalue weighted by molar-refractivity contribution is 14.0. The molecule has 1 saturated heterocycles. The van der Waals surface area contributed by atoms with E-state index in [9.17, 15) is 9.18 Å². The van der Waals surface area contributed by atoms with Crippen molar-refractivity contribution >= 4 is 35.8 Å². The standard InChI is InChI=1S/C19H29FN4O.HI/c1-14(2)22-19(21-12-18(25)23(3)4)24-10-9-16(13-24)11-15-5-7-17(20)8-6-15;/h5-8,14,16H,9-13H2,1-4H3,(H,21,22);1H. The largest absolute Gasteiger partial charge is 0.354 e. The molecule has 1 N–H and O–H groups in total. The van der Waals surface area contributed by atoms with Crippen molar-refractivity contribution in [1.82, 2.24) is 15.1 Å². The lowest BCUT2D eigenvalue weighted by Gasteiger charge is -2.24. The highest BCUT2D eigenvalue weighted by atomic mass is 127. The minimum absolute atomic E-state index is 0. The van der Waals surface area contributed by atoms with Crippen LogP contribution < -0.4 is 5.32 Å². The third-order valence-corrected chi connectivity index (χ3v) is 4.30. The zero-order valence-electron chi connectivity index (χ0n) is 16.0. The van der Waals surface area contributed by atoms with Crippen molar-refractivity contribution in [3.8, 4) is 0 Å². The van der Waals surface area contributed by atoms with E-state index in [1.807, 2.05) is 12.1 Å². The Hall–Kier alpha value is -1.38. The quantitative estimate of drug-likeness (QED) is 0.404. The van der Waals surface area contributed by atoms with Gasteiger partial charge in [0.05, 0.1) is 0 Å². The van der Waals surface area contributed by atoms with Gasteiger partial charge in [-0.3, -0.25) is 4.79 Å². The van der Waals surface area contributed by atoms with Gasteiger partial charge in [-0.05, 0) is 50.3 Å². The molecule has 146 valence electrons. The second-order valence-electron chi connectivity index (χ2n) is 7.16. The lowest BCUT2D eigenvalue weighted by atomic mass is 9.99. The van der Waals surface area contributed by atoms with Crippen LogP contribution in [0.15, 0.2) is 29.3 Å². The molecule has 0 aliphatic carbocycles. The third kappa shape index (κ3) is 7.09. The Morgan fingerprint density at radius 2 is 2.00 bits per heavy atom. The molecular weight excluding hydrogens is 446 g/mol. The molecule has 1 aromatic carbocycles. The van der Waals surface area contributed by atoms with E-state index in [4.69, 9.17) is 0 Å². The smallest absolute Gasteiger partial charge is 0.243 e. The molecule has 2 rings (SSSR count). The maximum Gasteiger partial charge on any atom is 0.243 e. The van der Waals surface area contributed by atoms with E-state index in [0.29, 0.717) is 5.92 Å². The van der Waals surface area contributed by atoms with Crippen LogP contribution in [0.25, 0.3) is 0 Å². The lowest BCUT2D eigenvalue weighted by Crippen LogP contribution is -2.44. The van der Waals surface area contributed by atoms with E-state index in [1.165, 1.54) is 12.1 Å². The Labute approximate surface area is 173 Å². The highest BCUT2D eigenvalue weighted by Crippen LogP contribution is 2.21. The zero-order valence-corrected chi connectivity index (χ0v) is 18.4. The molecule has 1 aliphatic heterocycles. The van der Waals surface area contributed by atoms with Gasteiger partial charge in [0.25, 0.3) is 0 Å². The number of guanidine groups is 1. The van der Waals surface area contributed by atoms with Gasteiger partial charge in [-0.25, -0.2) is 9.38 Å². The number of nitrogens with zero attached hydrogens (tertiary/aromatic N) is 3. The first-order valence-electron chi connectivity index (χ1n) is 8.85. The summed E-state index contributed by atoms with van der Waals surface area (Å²) < 4.78 is 13.0. The van der Waals surface area contributed by atoms with Crippen molar-refractivity contribution < 1.29 is 9.18 Å². The van der Waals surface area contributed by atoms with Crippen LogP contribution in [0.3, 0.4) is 0 Å². The van der Waals surface area contributed by atoms with Crippen LogP contribution in [0.1, 0.15) is 25.8 Å². The van der Waals surface area contributed by atoms with Crippen LogP contribution in [-0.4, -0.2) is 61.4 Å². The fourth-order valence-electron chi connectivity index (χ4n) is 2.92. The average molecular weight is 476 g/mol. The van der Waals surface area contributed by atoms with E-state index in [2.05, 4.69) is 29.1 Å². The summed E-state index contributed by atoms with van der Waals surface area (Å²) in [5.74, 6) is 1.10. The molecule has 0 radical (unpaired) electrons. The number of likely N-dealkylation sites (N-methyl/N-ethyl adjacent to an activating group) is 1. The van der Waals surface area contributed by atoms with E-state index in [-0.39, 0.29) is 48.3 Å². The van der Waals surface area contributed by atoms with Crippen LogP contribution in [0.4, 0.5) is 4.39 Å². The van der Waals surface area contributed by atoms with Gasteiger partial charge in [-0.1, -0.05) is 12.1 Å². The van der Waals surface area contributed by atoms with E-state index in [0.717, 1.165) is 37.5 Å². The van der Waals surface area contributed by atoms with Crippen LogP contribution in [0, 0.1) is 11.7 Å². The molecule has 26 heavy (non-hydrogen) atoms. The molecule has 0 spiro atoms. The molecule has 1 unspecified atom stereocenters. The van der Waals surface area contributed by atoms with Gasteiger partial charge in [-0.15, -0.1) is 24.0 Å². The summed E-state index contributed by atoms with van der Waals surface area (Å²) in [7, 11) is 3.48. The minimum Gasteiger partial charge on any atom is -0.354 e. The molecule has 5 nitrogen and oxygen atoms in total. The maximum absolute atomic E-state index is 13.0. The molecule has 0 bridgehead atoms. The first-order valence-corrected chi connectivity index (χ1v) is 8.85. The number of halogens is 2. The molecule has 0 aromatic heterocycles. The summed E-state index contributed by atoms with van der Waals surface area (Å²) in [6.07, 6.45) is 2.00. The van der Waals surface area contributed by atoms with Crippen molar-refractivity contribution in [3.63, 3.8) is 0 Å². The number of hydrogen-bond acceptors (Lipinski definition) is 2. The molecule has 7 heteroatoms. The van der Waals surface area contributed by atoms with Gasteiger partial charge in [0.1, 0.15) is 12.4 Å². The van der Waals surface area contributed by atoms with E-state index < -0.39 is 0 Å². The highest BCUT2D eigenvalue weighted by Gasteiger charge is 2.25. The van der Waals surface area contributed by atoms with Crippen molar-refractivity contribution in [2.75, 3.05) is 33.7 Å². The van der Waals surface area contributed by atoms with Crippen molar-refractivity contribution in [3.05, 3.63) is 35.6 Å². The Balaban J connectivity index is 0.00000338. The fraction of sp³-hybridized carbons (Fsp3) is 0.579. The molecule has 1 atom stereocenters. The van der Waals surface area contributed by atoms with Gasteiger partial charge in [0, 0.05) is 33.2 Å². The fourth-order valence-corrected chi connectivity index (χ4v) is 2.92. The predicted octanol–water partition coefficient (Wildman–Crippen LogP) is 2.75. The van der Waals surface area contributed by atoms with Crippen LogP contribution in [-0.2, 0) is 11.2 Å². The average Bonchev–Trinajstić information content (AvgIpc) is 3.01. The summed E-state index contributed by atoms with van der Waals surface area (Å²) in [6, 6.07) is 7.00. The van der Waals surface area contributed by atoms with Crippen molar-refractivity contribution in [2.45, 2.75) is 32.7 Å². The summed E-state index contributed by atoms with van der Waals surface area (Å²) in [5.41, 5.74) is 1.16. The summed E-state index contributed by atoms with van der Waals surface area (Å²) in [6.45, 7) is 6.10. The number of carbonyl (C=O) groups is 1. The third-order valence-electron chi connectivity index (χ3n) is 4.30. The Morgan fingerprint density at radius 1 is 1.35 bits per heavy atom.